The van der Waals surface area contributed by atoms with Crippen molar-refractivity contribution in [1.29, 1.82) is 0 Å². The summed E-state index contributed by atoms with van der Waals surface area (Å²) >= 11 is 7.50. The van der Waals surface area contributed by atoms with Gasteiger partial charge >= 0.3 is 0 Å². The molecule has 2 nitrogen and oxygen atoms in total. The van der Waals surface area contributed by atoms with Gasteiger partial charge in [0.1, 0.15) is 0 Å². The normalized spacial score (nSPS) is 10.8. The summed E-state index contributed by atoms with van der Waals surface area (Å²) in [5.41, 5.74) is 0. The summed E-state index contributed by atoms with van der Waals surface area (Å²) in [7, 11) is 0. The first kappa shape index (κ1) is 13.0. The summed E-state index contributed by atoms with van der Waals surface area (Å²) in [4.78, 5) is 1.27. The van der Waals surface area contributed by atoms with Crippen molar-refractivity contribution in [2.24, 2.45) is 0 Å². The Morgan fingerprint density at radius 1 is 1.47 bits per heavy atom. The molecule has 0 aliphatic carbocycles. The van der Waals surface area contributed by atoms with Crippen molar-refractivity contribution in [2.45, 2.75) is 26.3 Å². The van der Waals surface area contributed by atoms with E-state index in [9.17, 15) is 0 Å². The van der Waals surface area contributed by atoms with E-state index in [2.05, 4.69) is 12.2 Å². The van der Waals surface area contributed by atoms with Crippen LogP contribution in [0.1, 0.15) is 24.6 Å². The van der Waals surface area contributed by atoms with Gasteiger partial charge in [-0.25, -0.2) is 0 Å². The smallest absolute Gasteiger partial charge is 0.0591 e. The maximum atomic E-state index is 5.82. The molecular formula is C11H18ClNOS. The summed E-state index contributed by atoms with van der Waals surface area (Å²) in [6.07, 6.45) is 2.35. The van der Waals surface area contributed by atoms with E-state index in [1.807, 2.05) is 11.4 Å². The van der Waals surface area contributed by atoms with E-state index in [-0.39, 0.29) is 0 Å². The lowest BCUT2D eigenvalue weighted by Gasteiger charge is -2.04. The fourth-order valence-corrected chi connectivity index (χ4v) is 2.19. The second-order valence-electron chi connectivity index (χ2n) is 3.37. The number of ether oxygens (including phenoxy) is 1. The molecule has 15 heavy (non-hydrogen) atoms. The maximum absolute atomic E-state index is 5.82. The molecule has 1 rings (SSSR count). The maximum Gasteiger partial charge on any atom is 0.0591 e. The molecule has 0 atom stereocenters. The van der Waals surface area contributed by atoms with Gasteiger partial charge in [-0.05, 0) is 12.5 Å². The molecule has 1 heterocycles. The van der Waals surface area contributed by atoms with Gasteiger partial charge in [0, 0.05) is 30.0 Å². The predicted molar refractivity (Wildman–Crippen MR) is 66.8 cm³/mol. The Balaban J connectivity index is 1.93. The molecule has 0 fully saturated rings. The summed E-state index contributed by atoms with van der Waals surface area (Å²) in [5.74, 6) is 0. The molecular weight excluding hydrogens is 230 g/mol. The van der Waals surface area contributed by atoms with E-state index in [1.54, 1.807) is 11.3 Å². The van der Waals surface area contributed by atoms with Crippen LogP contribution in [-0.4, -0.2) is 19.8 Å². The van der Waals surface area contributed by atoms with Crippen molar-refractivity contribution in [3.05, 3.63) is 21.3 Å². The number of hydrogen-bond donors (Lipinski definition) is 1. The van der Waals surface area contributed by atoms with Crippen molar-refractivity contribution in [3.8, 4) is 0 Å². The Bertz CT molecular complexity index is 265. The molecule has 86 valence electrons. The Hall–Kier alpha value is -0.0900. The first-order valence-corrected chi connectivity index (χ1v) is 6.60. The molecule has 0 amide bonds. The van der Waals surface area contributed by atoms with Gasteiger partial charge in [-0.15, -0.1) is 11.3 Å². The van der Waals surface area contributed by atoms with Gasteiger partial charge in [0.05, 0.1) is 11.6 Å². The molecule has 0 saturated carbocycles. The summed E-state index contributed by atoms with van der Waals surface area (Å²) in [5, 5.41) is 6.10. The second kappa shape index (κ2) is 8.11. The Labute approximate surface area is 101 Å². The van der Waals surface area contributed by atoms with Crippen LogP contribution < -0.4 is 5.32 Å². The first-order chi connectivity index (χ1) is 7.33. The number of rotatable bonds is 8. The number of unbranched alkanes of at least 4 members (excludes halogenated alkanes) is 1. The van der Waals surface area contributed by atoms with Crippen LogP contribution in [0.4, 0.5) is 0 Å². The van der Waals surface area contributed by atoms with Gasteiger partial charge in [-0.1, -0.05) is 24.9 Å². The highest BCUT2D eigenvalue weighted by Crippen LogP contribution is 2.18. The standard InChI is InChI=1S/C11H18ClNOS/c1-2-3-5-14-6-4-13-8-11-7-10(12)9-15-11/h7,9,13H,2-6,8H2,1H3. The molecule has 0 aromatic carbocycles. The zero-order valence-electron chi connectivity index (χ0n) is 9.09. The minimum Gasteiger partial charge on any atom is -0.380 e. The average molecular weight is 248 g/mol. The highest BCUT2D eigenvalue weighted by molar-refractivity contribution is 7.10. The summed E-state index contributed by atoms with van der Waals surface area (Å²) < 4.78 is 5.43. The molecule has 0 aliphatic rings. The molecule has 1 aromatic rings. The molecule has 4 heteroatoms. The third kappa shape index (κ3) is 6.15. The molecule has 0 bridgehead atoms. The number of nitrogens with one attached hydrogen (secondary N) is 1. The van der Waals surface area contributed by atoms with Crippen molar-refractivity contribution in [2.75, 3.05) is 19.8 Å². The third-order valence-corrected chi connectivity index (χ3v) is 3.27. The zero-order chi connectivity index (χ0) is 10.9. The predicted octanol–water partition coefficient (Wildman–Crippen LogP) is 3.31. The Kier molecular flexibility index (Phi) is 7.01. The van der Waals surface area contributed by atoms with E-state index < -0.39 is 0 Å². The van der Waals surface area contributed by atoms with Crippen molar-refractivity contribution in [3.63, 3.8) is 0 Å². The zero-order valence-corrected chi connectivity index (χ0v) is 10.7. The fourth-order valence-electron chi connectivity index (χ4n) is 1.15. The first-order valence-electron chi connectivity index (χ1n) is 5.34. The summed E-state index contributed by atoms with van der Waals surface area (Å²) in [6, 6.07) is 2.00. The molecule has 1 N–H and O–H groups in total. The number of halogens is 1. The van der Waals surface area contributed by atoms with Gasteiger partial charge in [0.15, 0.2) is 0 Å². The van der Waals surface area contributed by atoms with Gasteiger partial charge in [0.25, 0.3) is 0 Å². The molecule has 0 unspecified atom stereocenters. The molecule has 0 spiro atoms. The lowest BCUT2D eigenvalue weighted by atomic mass is 10.4. The molecule has 0 radical (unpaired) electrons. The van der Waals surface area contributed by atoms with Crippen molar-refractivity contribution < 1.29 is 4.74 Å². The van der Waals surface area contributed by atoms with Gasteiger partial charge in [0.2, 0.25) is 0 Å². The van der Waals surface area contributed by atoms with Crippen LogP contribution in [0.25, 0.3) is 0 Å². The third-order valence-electron chi connectivity index (χ3n) is 1.99. The molecule has 0 aliphatic heterocycles. The van der Waals surface area contributed by atoms with Crippen LogP contribution in [-0.2, 0) is 11.3 Å². The summed E-state index contributed by atoms with van der Waals surface area (Å²) in [6.45, 7) is 5.62. The van der Waals surface area contributed by atoms with E-state index in [4.69, 9.17) is 16.3 Å². The van der Waals surface area contributed by atoms with Gasteiger partial charge < -0.3 is 10.1 Å². The second-order valence-corrected chi connectivity index (χ2v) is 4.81. The van der Waals surface area contributed by atoms with E-state index in [0.717, 1.165) is 37.7 Å². The number of thiophene rings is 1. The quantitative estimate of drug-likeness (QED) is 0.712. The fraction of sp³-hybridized carbons (Fsp3) is 0.636. The van der Waals surface area contributed by atoms with Crippen LogP contribution in [0.15, 0.2) is 11.4 Å². The van der Waals surface area contributed by atoms with Crippen molar-refractivity contribution in [1.82, 2.24) is 5.32 Å². The lowest BCUT2D eigenvalue weighted by Crippen LogP contribution is -2.18. The van der Waals surface area contributed by atoms with Gasteiger partial charge in [-0.3, -0.25) is 0 Å². The SMILES string of the molecule is CCCCOCCNCc1cc(Cl)cs1. The Morgan fingerprint density at radius 2 is 2.33 bits per heavy atom. The van der Waals surface area contributed by atoms with Crippen LogP contribution in [0.5, 0.6) is 0 Å². The highest BCUT2D eigenvalue weighted by Gasteiger charge is 1.96. The lowest BCUT2D eigenvalue weighted by molar-refractivity contribution is 0.133. The van der Waals surface area contributed by atoms with E-state index in [1.165, 1.54) is 11.3 Å². The van der Waals surface area contributed by atoms with E-state index in [0.29, 0.717) is 0 Å². The molecule has 1 aromatic heterocycles. The minimum absolute atomic E-state index is 0.791. The van der Waals surface area contributed by atoms with Crippen LogP contribution in [0.3, 0.4) is 0 Å². The molecule has 0 saturated heterocycles. The topological polar surface area (TPSA) is 21.3 Å². The highest BCUT2D eigenvalue weighted by atomic mass is 35.5. The van der Waals surface area contributed by atoms with Crippen LogP contribution >= 0.6 is 22.9 Å². The monoisotopic (exact) mass is 247 g/mol. The van der Waals surface area contributed by atoms with Gasteiger partial charge in [-0.2, -0.15) is 0 Å². The van der Waals surface area contributed by atoms with Crippen LogP contribution in [0, 0.1) is 0 Å². The largest absolute Gasteiger partial charge is 0.380 e. The minimum atomic E-state index is 0.791. The number of hydrogen-bond acceptors (Lipinski definition) is 3. The van der Waals surface area contributed by atoms with Crippen molar-refractivity contribution >= 4 is 22.9 Å². The van der Waals surface area contributed by atoms with E-state index >= 15 is 0 Å². The van der Waals surface area contributed by atoms with Crippen LogP contribution in [0.2, 0.25) is 5.02 Å². The Morgan fingerprint density at radius 3 is 3.00 bits per heavy atom. The average Bonchev–Trinajstić information content (AvgIpc) is 2.63.